The third-order valence-corrected chi connectivity index (χ3v) is 3.31. The summed E-state index contributed by atoms with van der Waals surface area (Å²) < 4.78 is 11.0. The number of hydrazine groups is 1. The van der Waals surface area contributed by atoms with Gasteiger partial charge < -0.3 is 9.47 Å². The van der Waals surface area contributed by atoms with Gasteiger partial charge in [0.1, 0.15) is 11.5 Å². The van der Waals surface area contributed by atoms with Crippen molar-refractivity contribution < 1.29 is 9.47 Å². The van der Waals surface area contributed by atoms with E-state index in [0.29, 0.717) is 6.61 Å². The molecule has 1 unspecified atom stereocenters. The number of rotatable bonds is 7. The molecule has 2 rings (SSSR count). The van der Waals surface area contributed by atoms with Gasteiger partial charge in [-0.3, -0.25) is 5.84 Å². The molecule has 4 nitrogen and oxygen atoms in total. The van der Waals surface area contributed by atoms with E-state index in [1.54, 1.807) is 7.11 Å². The zero-order chi connectivity index (χ0) is 15.1. The zero-order valence-corrected chi connectivity index (χ0v) is 12.5. The highest BCUT2D eigenvalue weighted by Crippen LogP contribution is 2.30. The first kappa shape index (κ1) is 15.4. The van der Waals surface area contributed by atoms with E-state index in [-0.39, 0.29) is 6.04 Å². The molecule has 21 heavy (non-hydrogen) atoms. The van der Waals surface area contributed by atoms with Crippen molar-refractivity contribution in [3.8, 4) is 11.5 Å². The largest absolute Gasteiger partial charge is 0.497 e. The average Bonchev–Trinajstić information content (AvgIpc) is 2.55. The molecule has 2 aromatic carbocycles. The Hall–Kier alpha value is -2.04. The summed E-state index contributed by atoms with van der Waals surface area (Å²) in [6.07, 6.45) is 0.970. The number of hydrogen-bond acceptors (Lipinski definition) is 4. The molecular formula is C17H22N2O2. The molecule has 0 saturated heterocycles. The van der Waals surface area contributed by atoms with Gasteiger partial charge in [0.15, 0.2) is 0 Å². The summed E-state index contributed by atoms with van der Waals surface area (Å²) in [6, 6.07) is 15.7. The van der Waals surface area contributed by atoms with Gasteiger partial charge in [0.2, 0.25) is 0 Å². The van der Waals surface area contributed by atoms with Crippen molar-refractivity contribution in [2.75, 3.05) is 13.7 Å². The van der Waals surface area contributed by atoms with Crippen molar-refractivity contribution in [2.24, 2.45) is 5.84 Å². The first-order valence-electron chi connectivity index (χ1n) is 7.12. The van der Waals surface area contributed by atoms with Crippen LogP contribution in [0.25, 0.3) is 0 Å². The van der Waals surface area contributed by atoms with Crippen LogP contribution in [0.4, 0.5) is 0 Å². The Bertz CT molecular complexity index is 555. The summed E-state index contributed by atoms with van der Waals surface area (Å²) in [5.74, 6) is 7.45. The van der Waals surface area contributed by atoms with Gasteiger partial charge in [-0.15, -0.1) is 0 Å². The molecule has 0 saturated carbocycles. The fourth-order valence-corrected chi connectivity index (χ4v) is 2.22. The monoisotopic (exact) mass is 286 g/mol. The molecule has 112 valence electrons. The predicted molar refractivity (Wildman–Crippen MR) is 84.4 cm³/mol. The third-order valence-electron chi connectivity index (χ3n) is 3.31. The van der Waals surface area contributed by atoms with Crippen LogP contribution < -0.4 is 20.7 Å². The summed E-state index contributed by atoms with van der Waals surface area (Å²) in [7, 11) is 1.65. The van der Waals surface area contributed by atoms with Crippen molar-refractivity contribution in [1.82, 2.24) is 5.43 Å². The molecule has 2 aromatic rings. The number of nitrogens with one attached hydrogen (secondary N) is 1. The van der Waals surface area contributed by atoms with Crippen LogP contribution in [0.5, 0.6) is 11.5 Å². The van der Waals surface area contributed by atoms with Gasteiger partial charge >= 0.3 is 0 Å². The molecule has 0 aliphatic heterocycles. The minimum absolute atomic E-state index is 0.121. The Morgan fingerprint density at radius 1 is 1.10 bits per heavy atom. The van der Waals surface area contributed by atoms with Crippen molar-refractivity contribution in [3.05, 3.63) is 59.7 Å². The van der Waals surface area contributed by atoms with Crippen LogP contribution in [-0.2, 0) is 0 Å². The molecule has 0 spiro atoms. The smallest absolute Gasteiger partial charge is 0.124 e. The number of hydrogen-bond donors (Lipinski definition) is 2. The lowest BCUT2D eigenvalue weighted by Crippen LogP contribution is -2.29. The molecule has 0 aliphatic carbocycles. The third kappa shape index (κ3) is 3.74. The van der Waals surface area contributed by atoms with Gasteiger partial charge in [-0.1, -0.05) is 37.3 Å². The van der Waals surface area contributed by atoms with E-state index in [1.165, 1.54) is 0 Å². The van der Waals surface area contributed by atoms with Gasteiger partial charge in [-0.25, -0.2) is 5.43 Å². The summed E-state index contributed by atoms with van der Waals surface area (Å²) >= 11 is 0. The summed E-state index contributed by atoms with van der Waals surface area (Å²) in [6.45, 7) is 2.78. The van der Waals surface area contributed by atoms with E-state index in [4.69, 9.17) is 15.3 Å². The second-order valence-electron chi connectivity index (χ2n) is 4.76. The maximum atomic E-state index is 5.82. The lowest BCUT2D eigenvalue weighted by molar-refractivity contribution is 0.311. The Kier molecular flexibility index (Phi) is 5.60. The van der Waals surface area contributed by atoms with E-state index in [1.807, 2.05) is 48.5 Å². The van der Waals surface area contributed by atoms with Gasteiger partial charge in [-0.05, 0) is 30.2 Å². The summed E-state index contributed by atoms with van der Waals surface area (Å²) in [5, 5.41) is 0. The molecule has 4 heteroatoms. The fourth-order valence-electron chi connectivity index (χ4n) is 2.22. The van der Waals surface area contributed by atoms with Crippen LogP contribution in [0.15, 0.2) is 48.5 Å². The predicted octanol–water partition coefficient (Wildman–Crippen LogP) is 3.04. The molecular weight excluding hydrogens is 264 g/mol. The molecule has 0 fully saturated rings. The van der Waals surface area contributed by atoms with Crippen LogP contribution in [0, 0.1) is 0 Å². The Morgan fingerprint density at radius 2 is 1.81 bits per heavy atom. The highest BCUT2D eigenvalue weighted by molar-refractivity contribution is 5.42. The van der Waals surface area contributed by atoms with Crippen molar-refractivity contribution >= 4 is 0 Å². The summed E-state index contributed by atoms with van der Waals surface area (Å²) in [5.41, 5.74) is 4.96. The molecule has 0 aromatic heterocycles. The normalized spacial score (nSPS) is 12.0. The highest BCUT2D eigenvalue weighted by atomic mass is 16.5. The van der Waals surface area contributed by atoms with Crippen LogP contribution >= 0.6 is 0 Å². The quantitative estimate of drug-likeness (QED) is 0.607. The highest BCUT2D eigenvalue weighted by Gasteiger charge is 2.16. The van der Waals surface area contributed by atoms with E-state index < -0.39 is 0 Å². The Balaban J connectivity index is 2.31. The minimum atomic E-state index is -0.121. The second kappa shape index (κ2) is 7.67. The number of methoxy groups -OCH3 is 1. The SMILES string of the molecule is CCCOc1ccccc1C(NN)c1ccc(OC)cc1. The number of para-hydroxylation sites is 1. The molecule has 1 atom stereocenters. The molecule has 3 N–H and O–H groups in total. The minimum Gasteiger partial charge on any atom is -0.497 e. The maximum Gasteiger partial charge on any atom is 0.124 e. The van der Waals surface area contributed by atoms with Crippen LogP contribution in [0.2, 0.25) is 0 Å². The van der Waals surface area contributed by atoms with E-state index in [2.05, 4.69) is 12.3 Å². The van der Waals surface area contributed by atoms with Gasteiger partial charge in [0, 0.05) is 5.56 Å². The molecule has 0 bridgehead atoms. The van der Waals surface area contributed by atoms with Crippen LogP contribution in [-0.4, -0.2) is 13.7 Å². The molecule has 0 amide bonds. The maximum absolute atomic E-state index is 5.82. The van der Waals surface area contributed by atoms with Crippen molar-refractivity contribution in [1.29, 1.82) is 0 Å². The van der Waals surface area contributed by atoms with Crippen molar-refractivity contribution in [3.63, 3.8) is 0 Å². The zero-order valence-electron chi connectivity index (χ0n) is 12.5. The summed E-state index contributed by atoms with van der Waals surface area (Å²) in [4.78, 5) is 0. The van der Waals surface area contributed by atoms with Crippen LogP contribution in [0.1, 0.15) is 30.5 Å². The van der Waals surface area contributed by atoms with E-state index in [9.17, 15) is 0 Å². The number of ether oxygens (including phenoxy) is 2. The first-order chi connectivity index (χ1) is 10.3. The number of nitrogens with two attached hydrogens (primary N) is 1. The van der Waals surface area contributed by atoms with Crippen LogP contribution in [0.3, 0.4) is 0 Å². The lowest BCUT2D eigenvalue weighted by Gasteiger charge is -2.20. The molecule has 0 heterocycles. The van der Waals surface area contributed by atoms with Gasteiger partial charge in [-0.2, -0.15) is 0 Å². The second-order valence-corrected chi connectivity index (χ2v) is 4.76. The van der Waals surface area contributed by atoms with E-state index >= 15 is 0 Å². The van der Waals surface area contributed by atoms with Crippen molar-refractivity contribution in [2.45, 2.75) is 19.4 Å². The topological polar surface area (TPSA) is 56.5 Å². The number of benzene rings is 2. The Labute approximate surface area is 125 Å². The first-order valence-corrected chi connectivity index (χ1v) is 7.12. The van der Waals surface area contributed by atoms with E-state index in [0.717, 1.165) is 29.0 Å². The fraction of sp³-hybridized carbons (Fsp3) is 0.294. The Morgan fingerprint density at radius 3 is 2.43 bits per heavy atom. The van der Waals surface area contributed by atoms with Gasteiger partial charge in [0.05, 0.1) is 19.8 Å². The lowest BCUT2D eigenvalue weighted by atomic mass is 9.98. The molecule has 0 radical (unpaired) electrons. The van der Waals surface area contributed by atoms with Gasteiger partial charge in [0.25, 0.3) is 0 Å². The average molecular weight is 286 g/mol. The molecule has 0 aliphatic rings. The standard InChI is InChI=1S/C17H22N2O2/c1-3-12-21-16-7-5-4-6-15(16)17(19-18)13-8-10-14(20-2)11-9-13/h4-11,17,19H,3,12,18H2,1-2H3.